The molecule has 0 aliphatic carbocycles. The predicted molar refractivity (Wildman–Crippen MR) is 131 cm³/mol. The Kier molecular flexibility index (Phi) is 3.27. The molecule has 3 aromatic heterocycles. The van der Waals surface area contributed by atoms with Crippen LogP contribution >= 0.6 is 0 Å². The van der Waals surface area contributed by atoms with Gasteiger partial charge in [-0.1, -0.05) is 47.6 Å². The molecule has 164 valence electrons. The molecule has 0 fully saturated rings. The Morgan fingerprint density at radius 3 is 2.47 bits per heavy atom. The monoisotopic (exact) mass is 433 g/mol. The fourth-order valence-corrected chi connectivity index (χ4v) is 3.83. The van der Waals surface area contributed by atoms with Crippen LogP contribution in [-0.4, -0.2) is 9.97 Å². The third kappa shape index (κ3) is 3.88. The second kappa shape index (κ2) is 7.45. The lowest BCUT2D eigenvalue weighted by Crippen LogP contribution is -2.12. The first-order valence-corrected chi connectivity index (χ1v) is 10.4. The lowest BCUT2D eigenvalue weighted by atomic mass is 9.83. The maximum atomic E-state index is 9.60. The Labute approximate surface area is 201 Å². The number of fused-ring (bicyclic) bond motifs is 3. The fourth-order valence-electron chi connectivity index (χ4n) is 3.83. The van der Waals surface area contributed by atoms with E-state index in [1.807, 2.05) is 32.9 Å². The maximum Gasteiger partial charge on any atom is 0.228 e. The number of nitriles is 1. The Morgan fingerprint density at radius 2 is 1.84 bits per heavy atom. The quantitative estimate of drug-likeness (QED) is 0.330. The molecule has 4 aromatic rings. The predicted octanol–water partition coefficient (Wildman–Crippen LogP) is 7.42. The first-order chi connectivity index (χ1) is 18.1. The second-order valence-corrected chi connectivity index (χ2v) is 10.1. The molecule has 0 saturated carbocycles. The molecule has 0 unspecified atom stereocenters. The number of hydrogen-bond acceptors (Lipinski definition) is 4. The van der Waals surface area contributed by atoms with Crippen LogP contribution in [0.1, 0.15) is 80.5 Å². The number of pyridine rings is 2. The zero-order valence-electron chi connectivity index (χ0n) is 27.1. The highest BCUT2D eigenvalue weighted by molar-refractivity contribution is 6.10. The minimum atomic E-state index is -2.59. The molecule has 0 saturated heterocycles. The lowest BCUT2D eigenvalue weighted by molar-refractivity contribution is 0.410. The third-order valence-corrected chi connectivity index (χ3v) is 5.22. The lowest BCUT2D eigenvalue weighted by Gasteiger charge is -2.22. The summed E-state index contributed by atoms with van der Waals surface area (Å²) in [5.41, 5.74) is 0.0685. The molecule has 0 spiro atoms. The zero-order chi connectivity index (χ0) is 30.2. The van der Waals surface area contributed by atoms with Crippen LogP contribution in [0.3, 0.4) is 0 Å². The Hall–Kier alpha value is -3.19. The van der Waals surface area contributed by atoms with Crippen molar-refractivity contribution in [2.24, 2.45) is 5.41 Å². The summed E-state index contributed by atoms with van der Waals surface area (Å²) in [6.45, 7) is 5.94. The van der Waals surface area contributed by atoms with Crippen molar-refractivity contribution in [3.63, 3.8) is 0 Å². The van der Waals surface area contributed by atoms with Gasteiger partial charge in [-0.3, -0.25) is 4.98 Å². The minimum absolute atomic E-state index is 0.00346. The van der Waals surface area contributed by atoms with Gasteiger partial charge in [0.15, 0.2) is 0 Å². The number of hydrogen-bond donors (Lipinski definition) is 0. The molecule has 0 atom stereocenters. The Balaban J connectivity index is 2.15. The van der Waals surface area contributed by atoms with Crippen molar-refractivity contribution < 1.29 is 15.4 Å². The van der Waals surface area contributed by atoms with Crippen LogP contribution in [0, 0.1) is 30.4 Å². The molecule has 0 radical (unpaired) electrons. The molecule has 4 nitrogen and oxygen atoms in total. The van der Waals surface area contributed by atoms with E-state index in [0.717, 1.165) is 5.56 Å². The van der Waals surface area contributed by atoms with E-state index in [1.165, 1.54) is 18.3 Å². The van der Waals surface area contributed by atoms with Crippen LogP contribution < -0.4 is 0 Å². The van der Waals surface area contributed by atoms with Crippen molar-refractivity contribution >= 4 is 22.1 Å². The Bertz CT molecular complexity index is 1680. The molecule has 0 bridgehead atoms. The van der Waals surface area contributed by atoms with Gasteiger partial charge in [0.1, 0.15) is 17.3 Å². The van der Waals surface area contributed by atoms with Crippen LogP contribution in [0.25, 0.3) is 33.3 Å². The van der Waals surface area contributed by atoms with Gasteiger partial charge < -0.3 is 4.42 Å². The van der Waals surface area contributed by atoms with E-state index in [1.54, 1.807) is 26.8 Å². The summed E-state index contributed by atoms with van der Waals surface area (Å²) in [5, 5.41) is 10.6. The molecule has 0 N–H and O–H groups in total. The summed E-state index contributed by atoms with van der Waals surface area (Å²) >= 11 is 0. The largest absolute Gasteiger partial charge is 0.437 e. The zero-order valence-corrected chi connectivity index (χ0v) is 19.1. The molecule has 1 aromatic carbocycles. The standard InChI is InChI=1S/C28H31N3O/c1-16-11-20-24-21(28(6,7)8)10-9-19(25(24)32-26(20)31-23(16)14-29)22-12-18(13-27(3,4)5)17(2)15-30-22/h9-12,15H,13H2,1-8H3/i1D3,2D3,13D2. The van der Waals surface area contributed by atoms with E-state index in [4.69, 9.17) is 15.4 Å². The van der Waals surface area contributed by atoms with Gasteiger partial charge in [0.05, 0.1) is 5.69 Å². The average molecular weight is 434 g/mol. The highest BCUT2D eigenvalue weighted by Gasteiger charge is 2.25. The van der Waals surface area contributed by atoms with Gasteiger partial charge in [0.25, 0.3) is 0 Å². The van der Waals surface area contributed by atoms with Gasteiger partial charge in [0.2, 0.25) is 5.71 Å². The number of benzene rings is 1. The van der Waals surface area contributed by atoms with Crippen LogP contribution in [0.15, 0.2) is 34.9 Å². The smallest absolute Gasteiger partial charge is 0.228 e. The molecule has 0 aliphatic rings. The molecular weight excluding hydrogens is 394 g/mol. The highest BCUT2D eigenvalue weighted by atomic mass is 16.3. The summed E-state index contributed by atoms with van der Waals surface area (Å²) in [5.74, 6) is 0. The molecule has 32 heavy (non-hydrogen) atoms. The van der Waals surface area contributed by atoms with Crippen molar-refractivity contribution in [3.8, 4) is 17.3 Å². The normalized spacial score (nSPS) is 17.4. The fraction of sp³-hybridized carbons (Fsp3) is 0.393. The third-order valence-electron chi connectivity index (χ3n) is 5.22. The molecule has 3 heterocycles. The summed E-state index contributed by atoms with van der Waals surface area (Å²) in [6.07, 6.45) is -0.837. The average Bonchev–Trinajstić information content (AvgIpc) is 3.18. The van der Waals surface area contributed by atoms with E-state index < -0.39 is 30.9 Å². The van der Waals surface area contributed by atoms with Crippen LogP contribution in [0.4, 0.5) is 0 Å². The van der Waals surface area contributed by atoms with E-state index in [0.29, 0.717) is 21.9 Å². The van der Waals surface area contributed by atoms with Crippen LogP contribution in [0.5, 0.6) is 0 Å². The van der Waals surface area contributed by atoms with Gasteiger partial charge in [-0.15, -0.1) is 0 Å². The number of rotatable bonds is 2. The second-order valence-electron chi connectivity index (χ2n) is 10.1. The first kappa shape index (κ1) is 14.1. The van der Waals surface area contributed by atoms with Gasteiger partial charge >= 0.3 is 0 Å². The highest BCUT2D eigenvalue weighted by Crippen LogP contribution is 2.41. The van der Waals surface area contributed by atoms with Gasteiger partial charge in [-0.25, -0.2) is 4.98 Å². The summed E-state index contributed by atoms with van der Waals surface area (Å²) in [7, 11) is 0. The van der Waals surface area contributed by atoms with Gasteiger partial charge in [-0.05, 0) is 71.4 Å². The van der Waals surface area contributed by atoms with Crippen molar-refractivity contribution in [3.05, 3.63) is 58.4 Å². The first-order valence-electron chi connectivity index (χ1n) is 14.4. The van der Waals surface area contributed by atoms with Crippen molar-refractivity contribution in [1.82, 2.24) is 9.97 Å². The molecule has 4 rings (SSSR count). The van der Waals surface area contributed by atoms with E-state index in [-0.39, 0.29) is 33.8 Å². The van der Waals surface area contributed by atoms with Crippen LogP contribution in [0.2, 0.25) is 0 Å². The summed E-state index contributed by atoms with van der Waals surface area (Å²) in [6, 6.07) is 8.37. The molecule has 0 aliphatic heterocycles. The van der Waals surface area contributed by atoms with E-state index in [9.17, 15) is 5.26 Å². The molecule has 4 heteroatoms. The number of nitrogens with zero attached hydrogens (tertiary/aromatic N) is 3. The number of furan rings is 1. The topological polar surface area (TPSA) is 62.7 Å². The minimum Gasteiger partial charge on any atom is -0.437 e. The van der Waals surface area contributed by atoms with E-state index in [2.05, 4.69) is 9.97 Å². The van der Waals surface area contributed by atoms with Crippen molar-refractivity contribution in [2.75, 3.05) is 0 Å². The molecular formula is C28H31N3O. The Morgan fingerprint density at radius 1 is 1.09 bits per heavy atom. The molecule has 0 amide bonds. The number of aryl methyl sites for hydroxylation is 2. The van der Waals surface area contributed by atoms with Gasteiger partial charge in [0, 0.05) is 33.5 Å². The van der Waals surface area contributed by atoms with E-state index >= 15 is 0 Å². The SMILES string of the molecule is [2H]C([2H])([2H])c1cnc(-c2ccc(C(C)(C)C)c3c2oc2nc(C#N)c(C([2H])([2H])[2H])cc23)cc1C([2H])([2H])C(C)(C)C. The summed E-state index contributed by atoms with van der Waals surface area (Å²) < 4.78 is 71.7. The summed E-state index contributed by atoms with van der Waals surface area (Å²) in [4.78, 5) is 8.67. The van der Waals surface area contributed by atoms with Crippen molar-refractivity contribution in [2.45, 2.75) is 67.0 Å². The maximum absolute atomic E-state index is 9.60. The number of aromatic nitrogens is 2. The van der Waals surface area contributed by atoms with Gasteiger partial charge in [-0.2, -0.15) is 5.26 Å². The van der Waals surface area contributed by atoms with Crippen LogP contribution in [-0.2, 0) is 11.8 Å². The van der Waals surface area contributed by atoms with Crippen molar-refractivity contribution in [1.29, 1.82) is 5.26 Å².